The summed E-state index contributed by atoms with van der Waals surface area (Å²) in [6.07, 6.45) is -0.330. The number of thiophene rings is 1. The molecular formula is C18H18N4O5S. The van der Waals surface area contributed by atoms with Gasteiger partial charge in [0.15, 0.2) is 0 Å². The van der Waals surface area contributed by atoms with Crippen LogP contribution in [0.4, 0.5) is 15.5 Å². The molecule has 1 aromatic heterocycles. The second-order valence-electron chi connectivity index (χ2n) is 6.48. The minimum atomic E-state index is -0.554. The Hall–Kier alpha value is -3.14. The van der Waals surface area contributed by atoms with Gasteiger partial charge in [-0.2, -0.15) is 0 Å². The van der Waals surface area contributed by atoms with Gasteiger partial charge in [-0.15, -0.1) is 11.3 Å². The molecule has 3 heterocycles. The number of ether oxygens (including phenoxy) is 1. The van der Waals surface area contributed by atoms with Gasteiger partial charge in [-0.25, -0.2) is 4.79 Å². The fourth-order valence-electron chi connectivity index (χ4n) is 3.47. The predicted molar refractivity (Wildman–Crippen MR) is 102 cm³/mol. The summed E-state index contributed by atoms with van der Waals surface area (Å²) < 4.78 is 5.07. The number of nitro groups is 1. The molecule has 0 fully saturated rings. The molecule has 28 heavy (non-hydrogen) atoms. The lowest BCUT2D eigenvalue weighted by Crippen LogP contribution is -2.39. The van der Waals surface area contributed by atoms with E-state index in [0.29, 0.717) is 37.2 Å². The molecule has 0 radical (unpaired) electrons. The van der Waals surface area contributed by atoms with Crippen molar-refractivity contribution in [3.05, 3.63) is 55.9 Å². The van der Waals surface area contributed by atoms with Crippen LogP contribution in [0.2, 0.25) is 0 Å². The van der Waals surface area contributed by atoms with Gasteiger partial charge in [0.05, 0.1) is 23.6 Å². The number of benzene rings is 1. The maximum Gasteiger partial charge on any atom is 0.410 e. The van der Waals surface area contributed by atoms with E-state index >= 15 is 0 Å². The maximum absolute atomic E-state index is 12.8. The van der Waals surface area contributed by atoms with E-state index in [2.05, 4.69) is 10.6 Å². The van der Waals surface area contributed by atoms with E-state index < -0.39 is 11.1 Å². The van der Waals surface area contributed by atoms with Crippen LogP contribution in [0.5, 0.6) is 0 Å². The summed E-state index contributed by atoms with van der Waals surface area (Å²) in [6.45, 7) is 2.98. The van der Waals surface area contributed by atoms with Gasteiger partial charge in [0, 0.05) is 29.1 Å². The number of nitrogens with one attached hydrogen (secondary N) is 2. The number of non-ortho nitro benzene ring substituents is 1. The monoisotopic (exact) mass is 402 g/mol. The van der Waals surface area contributed by atoms with Crippen molar-refractivity contribution < 1.29 is 19.2 Å². The summed E-state index contributed by atoms with van der Waals surface area (Å²) in [6, 6.07) is 6.17. The van der Waals surface area contributed by atoms with Gasteiger partial charge >= 0.3 is 6.09 Å². The van der Waals surface area contributed by atoms with Crippen LogP contribution < -0.4 is 10.6 Å². The van der Waals surface area contributed by atoms with Gasteiger partial charge in [-0.05, 0) is 18.9 Å². The van der Waals surface area contributed by atoms with E-state index in [9.17, 15) is 19.7 Å². The van der Waals surface area contributed by atoms with Crippen LogP contribution in [0.1, 0.15) is 39.5 Å². The van der Waals surface area contributed by atoms with E-state index in [1.807, 2.05) is 0 Å². The van der Waals surface area contributed by atoms with Gasteiger partial charge in [0.25, 0.3) is 11.6 Å². The Morgan fingerprint density at radius 3 is 3.00 bits per heavy atom. The summed E-state index contributed by atoms with van der Waals surface area (Å²) in [7, 11) is 0. The summed E-state index contributed by atoms with van der Waals surface area (Å²) >= 11 is 1.43. The van der Waals surface area contributed by atoms with Crippen molar-refractivity contribution in [1.29, 1.82) is 0 Å². The first-order valence-electron chi connectivity index (χ1n) is 8.86. The molecule has 0 saturated heterocycles. The summed E-state index contributed by atoms with van der Waals surface area (Å²) in [5.74, 6) is -0.215. The molecule has 4 rings (SSSR count). The number of carbonyl (C=O) groups is 2. The zero-order chi connectivity index (χ0) is 19.8. The maximum atomic E-state index is 12.8. The molecule has 0 aliphatic carbocycles. The van der Waals surface area contributed by atoms with E-state index in [1.54, 1.807) is 24.0 Å². The molecule has 0 saturated carbocycles. The molecule has 1 atom stereocenters. The Balaban J connectivity index is 1.60. The normalized spacial score (nSPS) is 17.8. The zero-order valence-corrected chi connectivity index (χ0v) is 15.9. The predicted octanol–water partition coefficient (Wildman–Crippen LogP) is 3.03. The molecule has 2 amide bonds. The third-order valence-corrected chi connectivity index (χ3v) is 5.92. The lowest BCUT2D eigenvalue weighted by Gasteiger charge is -2.28. The van der Waals surface area contributed by atoms with Crippen molar-refractivity contribution in [3.8, 4) is 0 Å². The molecule has 9 nitrogen and oxygen atoms in total. The number of nitro benzene ring substituents is 1. The van der Waals surface area contributed by atoms with Gasteiger partial charge in [0.2, 0.25) is 0 Å². The van der Waals surface area contributed by atoms with Crippen LogP contribution in [0.25, 0.3) is 0 Å². The molecule has 146 valence electrons. The first-order chi connectivity index (χ1) is 13.5. The molecule has 1 aromatic carbocycles. The van der Waals surface area contributed by atoms with Gasteiger partial charge in [-0.3, -0.25) is 14.9 Å². The highest BCUT2D eigenvalue weighted by Crippen LogP contribution is 2.41. The van der Waals surface area contributed by atoms with E-state index in [0.717, 1.165) is 15.4 Å². The highest BCUT2D eigenvalue weighted by Gasteiger charge is 2.34. The van der Waals surface area contributed by atoms with E-state index in [1.165, 1.54) is 23.5 Å². The standard InChI is InChI=1S/C18H18N4O5S/c1-2-27-18(24)21-7-6-12-13(9-21)28-17-14(12)16(23)19-15(20-17)10-4-3-5-11(8-10)22(25)26/h3-5,8,15,20H,2,6-7,9H2,1H3,(H,19,23)/t15-/m0/s1. The quantitative estimate of drug-likeness (QED) is 0.603. The molecular weight excluding hydrogens is 384 g/mol. The largest absolute Gasteiger partial charge is 0.450 e. The van der Waals surface area contributed by atoms with Crippen molar-refractivity contribution in [2.75, 3.05) is 18.5 Å². The Kier molecular flexibility index (Phi) is 4.63. The lowest BCUT2D eigenvalue weighted by molar-refractivity contribution is -0.384. The highest BCUT2D eigenvalue weighted by molar-refractivity contribution is 7.16. The van der Waals surface area contributed by atoms with Gasteiger partial charge in [-0.1, -0.05) is 12.1 Å². The fourth-order valence-corrected chi connectivity index (χ4v) is 4.76. The summed E-state index contributed by atoms with van der Waals surface area (Å²) in [5.41, 5.74) is 2.12. The van der Waals surface area contributed by atoms with Crippen molar-refractivity contribution in [3.63, 3.8) is 0 Å². The molecule has 2 aliphatic rings. The number of fused-ring (bicyclic) bond motifs is 3. The number of carbonyl (C=O) groups excluding carboxylic acids is 2. The van der Waals surface area contributed by atoms with Crippen LogP contribution in [-0.2, 0) is 17.7 Å². The number of nitrogens with zero attached hydrogens (tertiary/aromatic N) is 2. The average molecular weight is 402 g/mol. The SMILES string of the molecule is CCOC(=O)N1CCc2c(sc3c2C(=O)N[C@H](c2cccc([N+](=O)[O-])c2)N3)C1. The van der Waals surface area contributed by atoms with Gasteiger partial charge in [0.1, 0.15) is 11.2 Å². The lowest BCUT2D eigenvalue weighted by atomic mass is 10.0. The van der Waals surface area contributed by atoms with Crippen molar-refractivity contribution in [2.24, 2.45) is 0 Å². The fraction of sp³-hybridized carbons (Fsp3) is 0.333. The number of hydrogen-bond donors (Lipinski definition) is 2. The van der Waals surface area contributed by atoms with E-state index in [-0.39, 0.29) is 17.7 Å². The number of anilines is 1. The molecule has 10 heteroatoms. The van der Waals surface area contributed by atoms with E-state index in [4.69, 9.17) is 4.74 Å². The topological polar surface area (TPSA) is 114 Å². The Morgan fingerprint density at radius 2 is 2.25 bits per heavy atom. The first-order valence-corrected chi connectivity index (χ1v) is 9.67. The number of hydrogen-bond acceptors (Lipinski definition) is 7. The Bertz CT molecular complexity index is 973. The minimum Gasteiger partial charge on any atom is -0.450 e. The van der Waals surface area contributed by atoms with Crippen LogP contribution in [0, 0.1) is 10.1 Å². The highest BCUT2D eigenvalue weighted by atomic mass is 32.1. The molecule has 2 N–H and O–H groups in total. The second-order valence-corrected chi connectivity index (χ2v) is 7.59. The smallest absolute Gasteiger partial charge is 0.410 e. The molecule has 0 bridgehead atoms. The second kappa shape index (κ2) is 7.12. The average Bonchev–Trinajstić information content (AvgIpc) is 3.06. The van der Waals surface area contributed by atoms with Crippen LogP contribution in [-0.4, -0.2) is 35.0 Å². The van der Waals surface area contributed by atoms with Gasteiger partial charge < -0.3 is 20.3 Å². The first kappa shape index (κ1) is 18.2. The summed E-state index contributed by atoms with van der Waals surface area (Å²) in [4.78, 5) is 37.9. The molecule has 0 unspecified atom stereocenters. The number of rotatable bonds is 3. The third kappa shape index (κ3) is 3.15. The molecule has 0 spiro atoms. The Labute approximate surface area is 164 Å². The molecule has 2 aromatic rings. The molecule has 2 aliphatic heterocycles. The van der Waals surface area contributed by atoms with Crippen molar-refractivity contribution in [2.45, 2.75) is 26.1 Å². The van der Waals surface area contributed by atoms with Crippen LogP contribution >= 0.6 is 11.3 Å². The number of amides is 2. The minimum absolute atomic E-state index is 0.0325. The zero-order valence-electron chi connectivity index (χ0n) is 15.1. The van der Waals surface area contributed by atoms with Crippen molar-refractivity contribution in [1.82, 2.24) is 10.2 Å². The van der Waals surface area contributed by atoms with Crippen molar-refractivity contribution >= 4 is 34.0 Å². The van der Waals surface area contributed by atoms with Crippen LogP contribution in [0.3, 0.4) is 0 Å². The summed E-state index contributed by atoms with van der Waals surface area (Å²) in [5, 5.41) is 17.9. The Morgan fingerprint density at radius 1 is 1.43 bits per heavy atom. The third-order valence-electron chi connectivity index (χ3n) is 4.78. The van der Waals surface area contributed by atoms with Crippen LogP contribution in [0.15, 0.2) is 24.3 Å².